The van der Waals surface area contributed by atoms with Crippen LogP contribution in [-0.2, 0) is 4.84 Å². The number of hydrogen-bond donors (Lipinski definition) is 1. The maximum Gasteiger partial charge on any atom is 0.253 e. The van der Waals surface area contributed by atoms with E-state index in [0.29, 0.717) is 12.1 Å². The van der Waals surface area contributed by atoms with Crippen molar-refractivity contribution in [3.05, 3.63) is 35.4 Å². The molecule has 0 spiro atoms. The molecule has 1 aromatic rings. The summed E-state index contributed by atoms with van der Waals surface area (Å²) in [6.07, 6.45) is 4.20. The summed E-state index contributed by atoms with van der Waals surface area (Å²) in [5.74, 6) is 0.177. The zero-order valence-electron chi connectivity index (χ0n) is 12.5. The van der Waals surface area contributed by atoms with Crippen molar-refractivity contribution in [1.29, 1.82) is 0 Å². The molecule has 114 valence electrons. The molecule has 2 unspecified atom stereocenters. The van der Waals surface area contributed by atoms with E-state index in [2.05, 4.69) is 9.99 Å². The Balaban J connectivity index is 1.96. The van der Waals surface area contributed by atoms with Gasteiger partial charge in [0.05, 0.1) is 12.3 Å². The van der Waals surface area contributed by atoms with E-state index in [-0.39, 0.29) is 17.9 Å². The van der Waals surface area contributed by atoms with E-state index in [9.17, 15) is 9.90 Å². The Kier molecular flexibility index (Phi) is 5.33. The van der Waals surface area contributed by atoms with Crippen LogP contribution in [0.25, 0.3) is 0 Å². The third kappa shape index (κ3) is 4.04. The molecule has 0 bridgehead atoms. The lowest BCUT2D eigenvalue weighted by Gasteiger charge is -2.23. The number of nitrogens with zero attached hydrogens (tertiary/aromatic N) is 2. The number of hydrogen-bond acceptors (Lipinski definition) is 4. The number of oxime groups is 1. The van der Waals surface area contributed by atoms with Gasteiger partial charge in [-0.15, -0.1) is 0 Å². The maximum absolute atomic E-state index is 12.4. The molecule has 0 radical (unpaired) electrons. The van der Waals surface area contributed by atoms with Crippen molar-refractivity contribution in [3.8, 4) is 0 Å². The van der Waals surface area contributed by atoms with Gasteiger partial charge in [-0.1, -0.05) is 23.7 Å². The average Bonchev–Trinajstić information content (AvgIpc) is 2.90. The SMILES string of the molecule is CO/N=C/c1ccc(C(=O)N(C)CC2CCCC2O)cc1. The molecule has 1 amide bonds. The number of aliphatic hydroxyl groups excluding tert-OH is 1. The van der Waals surface area contributed by atoms with E-state index >= 15 is 0 Å². The van der Waals surface area contributed by atoms with Gasteiger partial charge >= 0.3 is 0 Å². The minimum absolute atomic E-state index is 0.0238. The third-order valence-electron chi connectivity index (χ3n) is 3.94. The Bertz CT molecular complexity index is 499. The summed E-state index contributed by atoms with van der Waals surface area (Å²) < 4.78 is 0. The fraction of sp³-hybridized carbons (Fsp3) is 0.500. The highest BCUT2D eigenvalue weighted by atomic mass is 16.6. The predicted molar refractivity (Wildman–Crippen MR) is 81.4 cm³/mol. The van der Waals surface area contributed by atoms with E-state index in [0.717, 1.165) is 24.8 Å². The topological polar surface area (TPSA) is 62.1 Å². The molecule has 2 rings (SSSR count). The van der Waals surface area contributed by atoms with Crippen LogP contribution in [0.3, 0.4) is 0 Å². The van der Waals surface area contributed by atoms with Crippen LogP contribution in [0.1, 0.15) is 35.2 Å². The smallest absolute Gasteiger partial charge is 0.253 e. The quantitative estimate of drug-likeness (QED) is 0.665. The Morgan fingerprint density at radius 2 is 2.14 bits per heavy atom. The van der Waals surface area contributed by atoms with E-state index < -0.39 is 0 Å². The van der Waals surface area contributed by atoms with Crippen LogP contribution in [-0.4, -0.2) is 48.9 Å². The highest BCUT2D eigenvalue weighted by Crippen LogP contribution is 2.26. The van der Waals surface area contributed by atoms with Gasteiger partial charge in [0.25, 0.3) is 5.91 Å². The van der Waals surface area contributed by atoms with Crippen molar-refractivity contribution in [2.45, 2.75) is 25.4 Å². The van der Waals surface area contributed by atoms with Gasteiger partial charge in [-0.2, -0.15) is 0 Å². The normalized spacial score (nSPS) is 21.7. The van der Waals surface area contributed by atoms with Crippen LogP contribution in [0.2, 0.25) is 0 Å². The number of carbonyl (C=O) groups excluding carboxylic acids is 1. The van der Waals surface area contributed by atoms with Crippen molar-refractivity contribution in [2.24, 2.45) is 11.1 Å². The fourth-order valence-electron chi connectivity index (χ4n) is 2.71. The van der Waals surface area contributed by atoms with Crippen molar-refractivity contribution in [3.63, 3.8) is 0 Å². The first-order valence-electron chi connectivity index (χ1n) is 7.22. The first-order chi connectivity index (χ1) is 10.1. The van der Waals surface area contributed by atoms with E-state index in [1.807, 2.05) is 12.1 Å². The van der Waals surface area contributed by atoms with Gasteiger partial charge in [0.15, 0.2) is 0 Å². The Labute approximate surface area is 125 Å². The minimum atomic E-state index is -0.270. The predicted octanol–water partition coefficient (Wildman–Crippen LogP) is 1.90. The van der Waals surface area contributed by atoms with E-state index in [1.165, 1.54) is 7.11 Å². The van der Waals surface area contributed by atoms with E-state index in [4.69, 9.17) is 0 Å². The standard InChI is InChI=1S/C16H22N2O3/c1-18(11-14-4-3-5-15(14)19)16(20)13-8-6-12(7-9-13)10-17-21-2/h6-10,14-15,19H,3-5,11H2,1-2H3/b17-10+. The molecule has 2 atom stereocenters. The monoisotopic (exact) mass is 290 g/mol. The number of carbonyl (C=O) groups is 1. The van der Waals surface area contributed by atoms with Crippen molar-refractivity contribution in [2.75, 3.05) is 20.7 Å². The molecule has 0 saturated heterocycles. The minimum Gasteiger partial charge on any atom is -0.399 e. The molecule has 5 heteroatoms. The summed E-state index contributed by atoms with van der Waals surface area (Å²) in [4.78, 5) is 18.7. The van der Waals surface area contributed by atoms with Gasteiger partial charge in [-0.25, -0.2) is 0 Å². The number of amides is 1. The second kappa shape index (κ2) is 7.22. The van der Waals surface area contributed by atoms with E-state index in [1.54, 1.807) is 30.3 Å². The molecule has 0 aliphatic heterocycles. The Morgan fingerprint density at radius 1 is 1.43 bits per heavy atom. The number of benzene rings is 1. The summed E-state index contributed by atoms with van der Waals surface area (Å²) in [6.45, 7) is 0.604. The highest BCUT2D eigenvalue weighted by Gasteiger charge is 2.27. The molecule has 1 N–H and O–H groups in total. The van der Waals surface area contributed by atoms with Gasteiger partial charge in [0, 0.05) is 25.1 Å². The molecule has 1 aliphatic rings. The summed E-state index contributed by atoms with van der Waals surface area (Å²) in [5, 5.41) is 13.5. The molecule has 1 saturated carbocycles. The van der Waals surface area contributed by atoms with Crippen LogP contribution in [0.4, 0.5) is 0 Å². The summed E-state index contributed by atoms with van der Waals surface area (Å²) in [7, 11) is 3.27. The number of rotatable bonds is 5. The lowest BCUT2D eigenvalue weighted by molar-refractivity contribution is 0.0693. The van der Waals surface area contributed by atoms with Gasteiger partial charge in [0.2, 0.25) is 0 Å². The van der Waals surface area contributed by atoms with Crippen LogP contribution >= 0.6 is 0 Å². The van der Waals surface area contributed by atoms with Gasteiger partial charge < -0.3 is 14.8 Å². The molecule has 0 heterocycles. The fourth-order valence-corrected chi connectivity index (χ4v) is 2.71. The zero-order valence-corrected chi connectivity index (χ0v) is 12.5. The number of aliphatic hydroxyl groups is 1. The van der Waals surface area contributed by atoms with Crippen molar-refractivity contribution in [1.82, 2.24) is 4.90 Å². The van der Waals surface area contributed by atoms with Gasteiger partial charge in [-0.3, -0.25) is 4.79 Å². The Hall–Kier alpha value is -1.88. The molecule has 1 aromatic carbocycles. The average molecular weight is 290 g/mol. The maximum atomic E-state index is 12.4. The van der Waals surface area contributed by atoms with Crippen molar-refractivity contribution < 1.29 is 14.7 Å². The van der Waals surface area contributed by atoms with Crippen LogP contribution < -0.4 is 0 Å². The second-order valence-corrected chi connectivity index (χ2v) is 5.48. The second-order valence-electron chi connectivity index (χ2n) is 5.48. The molecular weight excluding hydrogens is 268 g/mol. The molecule has 5 nitrogen and oxygen atoms in total. The molecular formula is C16H22N2O3. The third-order valence-corrected chi connectivity index (χ3v) is 3.94. The molecule has 0 aromatic heterocycles. The largest absolute Gasteiger partial charge is 0.399 e. The summed E-state index contributed by atoms with van der Waals surface area (Å²) in [6, 6.07) is 7.21. The van der Waals surface area contributed by atoms with Gasteiger partial charge in [-0.05, 0) is 30.5 Å². The summed E-state index contributed by atoms with van der Waals surface area (Å²) in [5.41, 5.74) is 1.52. The van der Waals surface area contributed by atoms with Crippen LogP contribution in [0, 0.1) is 5.92 Å². The first kappa shape index (κ1) is 15.5. The molecule has 21 heavy (non-hydrogen) atoms. The highest BCUT2D eigenvalue weighted by molar-refractivity contribution is 5.94. The lowest BCUT2D eigenvalue weighted by Crippen LogP contribution is -2.34. The molecule has 1 aliphatic carbocycles. The summed E-state index contributed by atoms with van der Waals surface area (Å²) >= 11 is 0. The van der Waals surface area contributed by atoms with Crippen molar-refractivity contribution >= 4 is 12.1 Å². The first-order valence-corrected chi connectivity index (χ1v) is 7.22. The zero-order chi connectivity index (χ0) is 15.2. The Morgan fingerprint density at radius 3 is 2.71 bits per heavy atom. The van der Waals surface area contributed by atoms with Crippen LogP contribution in [0.5, 0.6) is 0 Å². The lowest BCUT2D eigenvalue weighted by atomic mass is 10.0. The van der Waals surface area contributed by atoms with Crippen LogP contribution in [0.15, 0.2) is 29.4 Å². The molecule has 1 fully saturated rings. The van der Waals surface area contributed by atoms with Gasteiger partial charge in [0.1, 0.15) is 7.11 Å².